The molecule has 4 rings (SSSR count). The largest absolute Gasteiger partial charge is 0.492 e. The molecule has 2 aromatic carbocycles. The van der Waals surface area contributed by atoms with Gasteiger partial charge in [0.05, 0.1) is 6.61 Å². The molecule has 2 aromatic rings. The molecule has 0 saturated carbocycles. The van der Waals surface area contributed by atoms with Crippen LogP contribution in [-0.4, -0.2) is 6.61 Å². The van der Waals surface area contributed by atoms with Crippen LogP contribution in [0.5, 0.6) is 5.75 Å². The lowest BCUT2D eigenvalue weighted by atomic mass is 9.81. The molecule has 2 aliphatic rings. The number of benzene rings is 2. The van der Waals surface area contributed by atoms with Crippen molar-refractivity contribution < 1.29 is 4.74 Å². The van der Waals surface area contributed by atoms with Crippen LogP contribution in [0.2, 0.25) is 0 Å². The Morgan fingerprint density at radius 2 is 1.44 bits per heavy atom. The van der Waals surface area contributed by atoms with Crippen LogP contribution in [0.1, 0.15) is 51.4 Å². The van der Waals surface area contributed by atoms with Crippen molar-refractivity contribution >= 4 is 10.8 Å². The van der Waals surface area contributed by atoms with Gasteiger partial charge in [0, 0.05) is 11.3 Å². The van der Waals surface area contributed by atoms with Gasteiger partial charge in [-0.3, -0.25) is 0 Å². The zero-order valence-electron chi connectivity index (χ0n) is 15.0. The van der Waals surface area contributed by atoms with E-state index >= 15 is 0 Å². The van der Waals surface area contributed by atoms with E-state index in [9.17, 15) is 0 Å². The smallest absolute Gasteiger partial charge is 0.127 e. The van der Waals surface area contributed by atoms with E-state index in [-0.39, 0.29) is 0 Å². The van der Waals surface area contributed by atoms with E-state index in [1.807, 2.05) is 0 Å². The van der Waals surface area contributed by atoms with Crippen molar-refractivity contribution in [2.45, 2.75) is 51.4 Å². The molecular formula is C24H28O. The third-order valence-corrected chi connectivity index (χ3v) is 5.70. The maximum Gasteiger partial charge on any atom is 0.127 e. The lowest BCUT2D eigenvalue weighted by Crippen LogP contribution is -2.20. The monoisotopic (exact) mass is 332 g/mol. The summed E-state index contributed by atoms with van der Waals surface area (Å²) in [4.78, 5) is 0. The highest BCUT2D eigenvalue weighted by Gasteiger charge is 2.22. The molecule has 0 N–H and O–H groups in total. The number of rotatable bonds is 5. The van der Waals surface area contributed by atoms with E-state index in [0.29, 0.717) is 5.92 Å². The maximum absolute atomic E-state index is 6.41. The first-order valence-electron chi connectivity index (χ1n) is 9.90. The highest BCUT2D eigenvalue weighted by Crippen LogP contribution is 2.35. The van der Waals surface area contributed by atoms with Crippen LogP contribution in [0.15, 0.2) is 65.8 Å². The van der Waals surface area contributed by atoms with Crippen LogP contribution in [0, 0.1) is 5.92 Å². The normalized spacial score (nSPS) is 18.1. The number of hydrogen-bond acceptors (Lipinski definition) is 1. The van der Waals surface area contributed by atoms with E-state index in [2.05, 4.69) is 54.6 Å². The van der Waals surface area contributed by atoms with Gasteiger partial charge in [-0.25, -0.2) is 0 Å². The Hall–Kier alpha value is -2.02. The van der Waals surface area contributed by atoms with Crippen molar-refractivity contribution in [1.82, 2.24) is 0 Å². The average Bonchev–Trinajstić information content (AvgIpc) is 2.70. The Kier molecular flexibility index (Phi) is 5.20. The first-order valence-corrected chi connectivity index (χ1v) is 9.90. The van der Waals surface area contributed by atoms with Crippen molar-refractivity contribution in [3.05, 3.63) is 65.8 Å². The molecule has 1 nitrogen and oxygen atoms in total. The summed E-state index contributed by atoms with van der Waals surface area (Å²) in [6.45, 7) is 0.783. The minimum Gasteiger partial charge on any atom is -0.492 e. The lowest BCUT2D eigenvalue weighted by Gasteiger charge is -2.28. The SMILES string of the molecule is C1=C(C(COc2cccc3ccccc23)C2=CCCCC2)CCCC1. The van der Waals surface area contributed by atoms with Gasteiger partial charge in [0.15, 0.2) is 0 Å². The summed E-state index contributed by atoms with van der Waals surface area (Å²) < 4.78 is 6.41. The van der Waals surface area contributed by atoms with Crippen molar-refractivity contribution in [1.29, 1.82) is 0 Å². The zero-order chi connectivity index (χ0) is 16.9. The molecule has 0 amide bonds. The molecule has 0 radical (unpaired) electrons. The van der Waals surface area contributed by atoms with Gasteiger partial charge in [0.25, 0.3) is 0 Å². The van der Waals surface area contributed by atoms with E-state index in [4.69, 9.17) is 4.74 Å². The maximum atomic E-state index is 6.41. The fourth-order valence-electron chi connectivity index (χ4n) is 4.31. The second-order valence-electron chi connectivity index (χ2n) is 7.39. The Morgan fingerprint density at radius 1 is 0.760 bits per heavy atom. The van der Waals surface area contributed by atoms with E-state index < -0.39 is 0 Å². The van der Waals surface area contributed by atoms with Gasteiger partial charge in [-0.1, -0.05) is 59.7 Å². The highest BCUT2D eigenvalue weighted by atomic mass is 16.5. The van der Waals surface area contributed by atoms with Gasteiger partial charge < -0.3 is 4.74 Å². The summed E-state index contributed by atoms with van der Waals surface area (Å²) in [6.07, 6.45) is 15.3. The van der Waals surface area contributed by atoms with Crippen LogP contribution < -0.4 is 4.74 Å². The molecular weight excluding hydrogens is 304 g/mol. The third-order valence-electron chi connectivity index (χ3n) is 5.70. The van der Waals surface area contributed by atoms with Crippen LogP contribution in [0.3, 0.4) is 0 Å². The summed E-state index contributed by atoms with van der Waals surface area (Å²) in [5.74, 6) is 1.51. The minimum atomic E-state index is 0.486. The molecule has 0 saturated heterocycles. The number of fused-ring (bicyclic) bond motifs is 1. The van der Waals surface area contributed by atoms with Crippen molar-refractivity contribution in [2.75, 3.05) is 6.61 Å². The van der Waals surface area contributed by atoms with Crippen molar-refractivity contribution in [2.24, 2.45) is 5.92 Å². The summed E-state index contributed by atoms with van der Waals surface area (Å²) in [5.41, 5.74) is 3.25. The second kappa shape index (κ2) is 7.91. The summed E-state index contributed by atoms with van der Waals surface area (Å²) in [7, 11) is 0. The van der Waals surface area contributed by atoms with Gasteiger partial charge in [0.1, 0.15) is 5.75 Å². The molecule has 130 valence electrons. The van der Waals surface area contributed by atoms with Gasteiger partial charge >= 0.3 is 0 Å². The molecule has 25 heavy (non-hydrogen) atoms. The van der Waals surface area contributed by atoms with E-state index in [1.165, 1.54) is 62.1 Å². The zero-order valence-corrected chi connectivity index (χ0v) is 15.0. The average molecular weight is 332 g/mol. The summed E-state index contributed by atoms with van der Waals surface area (Å²) >= 11 is 0. The Bertz CT molecular complexity index is 752. The third kappa shape index (κ3) is 3.81. The molecule has 2 aliphatic carbocycles. The fraction of sp³-hybridized carbons (Fsp3) is 0.417. The first kappa shape index (κ1) is 16.4. The molecule has 0 bridgehead atoms. The molecule has 0 atom stereocenters. The standard InChI is InChI=1S/C24H28O/c1-3-10-20(11-4-1)23(21-12-5-2-6-13-21)18-25-24-17-9-15-19-14-7-8-16-22(19)24/h7-10,12,14-17,23H,1-6,11,13,18H2. The van der Waals surface area contributed by atoms with Crippen LogP contribution in [0.25, 0.3) is 10.8 Å². The van der Waals surface area contributed by atoms with Gasteiger partial charge in [-0.15, -0.1) is 0 Å². The van der Waals surface area contributed by atoms with Gasteiger partial charge in [-0.05, 0) is 62.8 Å². The van der Waals surface area contributed by atoms with Crippen LogP contribution >= 0.6 is 0 Å². The van der Waals surface area contributed by atoms with Crippen LogP contribution in [-0.2, 0) is 0 Å². The van der Waals surface area contributed by atoms with Crippen LogP contribution in [0.4, 0.5) is 0 Å². The van der Waals surface area contributed by atoms with E-state index in [1.54, 1.807) is 11.1 Å². The molecule has 0 heterocycles. The minimum absolute atomic E-state index is 0.486. The summed E-state index contributed by atoms with van der Waals surface area (Å²) in [5, 5.41) is 2.48. The lowest BCUT2D eigenvalue weighted by molar-refractivity contribution is 0.281. The quantitative estimate of drug-likeness (QED) is 0.545. The topological polar surface area (TPSA) is 9.23 Å². The molecule has 0 aliphatic heterocycles. The Morgan fingerprint density at radius 3 is 2.12 bits per heavy atom. The molecule has 0 unspecified atom stereocenters. The Balaban J connectivity index is 1.58. The highest BCUT2D eigenvalue weighted by molar-refractivity contribution is 5.88. The predicted octanol–water partition coefficient (Wildman–Crippen LogP) is 6.84. The molecule has 0 fully saturated rings. The van der Waals surface area contributed by atoms with Crippen molar-refractivity contribution in [3.63, 3.8) is 0 Å². The molecule has 1 heteroatoms. The van der Waals surface area contributed by atoms with E-state index in [0.717, 1.165) is 12.4 Å². The number of ether oxygens (including phenoxy) is 1. The number of allylic oxidation sites excluding steroid dienone is 2. The van der Waals surface area contributed by atoms with Gasteiger partial charge in [-0.2, -0.15) is 0 Å². The van der Waals surface area contributed by atoms with Crippen molar-refractivity contribution in [3.8, 4) is 5.75 Å². The molecule has 0 spiro atoms. The summed E-state index contributed by atoms with van der Waals surface area (Å²) in [6, 6.07) is 14.9. The Labute approximate surface area is 151 Å². The number of hydrogen-bond donors (Lipinski definition) is 0. The van der Waals surface area contributed by atoms with Gasteiger partial charge in [0.2, 0.25) is 0 Å². The first-order chi connectivity index (χ1) is 12.4. The molecule has 0 aromatic heterocycles. The fourth-order valence-corrected chi connectivity index (χ4v) is 4.31. The predicted molar refractivity (Wildman–Crippen MR) is 106 cm³/mol. The second-order valence-corrected chi connectivity index (χ2v) is 7.39.